The maximum atomic E-state index is 12.4. The average molecular weight is 291 g/mol. The van der Waals surface area contributed by atoms with Crippen LogP contribution >= 0.6 is 11.6 Å². The number of carbonyl (C=O) groups excluding carboxylic acids is 1. The Kier molecular flexibility index (Phi) is 4.55. The number of benzene rings is 1. The fourth-order valence-corrected chi connectivity index (χ4v) is 1.96. The van der Waals surface area contributed by atoms with Crippen LogP contribution in [0.3, 0.4) is 0 Å². The van der Waals surface area contributed by atoms with Gasteiger partial charge in [-0.25, -0.2) is 0 Å². The van der Waals surface area contributed by atoms with Gasteiger partial charge < -0.3 is 10.3 Å². The van der Waals surface area contributed by atoms with Crippen LogP contribution in [-0.4, -0.2) is 22.8 Å². The number of carbonyl (C=O) groups is 1. The molecule has 104 valence electrons. The first kappa shape index (κ1) is 14.3. The second kappa shape index (κ2) is 6.36. The summed E-state index contributed by atoms with van der Waals surface area (Å²) in [4.78, 5) is 17.9. The van der Waals surface area contributed by atoms with Crippen molar-refractivity contribution < 1.29 is 4.79 Å². The lowest BCUT2D eigenvalue weighted by Gasteiger charge is -2.18. The Hall–Kier alpha value is -2.11. The van der Waals surface area contributed by atoms with Crippen molar-refractivity contribution in [2.45, 2.75) is 6.54 Å². The summed E-state index contributed by atoms with van der Waals surface area (Å²) in [5.41, 5.74) is 4.46. The molecule has 0 aliphatic rings. The lowest BCUT2D eigenvalue weighted by molar-refractivity contribution is 0.0786. The first-order valence-electron chi connectivity index (χ1n) is 6.02. The van der Waals surface area contributed by atoms with Crippen molar-refractivity contribution in [1.29, 1.82) is 0 Å². The molecule has 0 atom stereocenters. The van der Waals surface area contributed by atoms with E-state index in [1.54, 1.807) is 36.3 Å². The molecule has 3 N–H and O–H groups in total. The molecule has 0 spiro atoms. The molecule has 0 fully saturated rings. The lowest BCUT2D eigenvalue weighted by atomic mass is 10.1. The number of nitrogens with zero attached hydrogens (tertiary/aromatic N) is 2. The summed E-state index contributed by atoms with van der Waals surface area (Å²) < 4.78 is 0. The molecule has 1 heterocycles. The minimum Gasteiger partial charge on any atom is -0.337 e. The van der Waals surface area contributed by atoms with Crippen LogP contribution in [0.2, 0.25) is 5.02 Å². The molecule has 0 saturated heterocycles. The van der Waals surface area contributed by atoms with E-state index in [9.17, 15) is 4.79 Å². The predicted octanol–water partition coefficient (Wildman–Crippen LogP) is 2.29. The molecular formula is C14H15ClN4O. The first-order valence-corrected chi connectivity index (χ1v) is 6.40. The van der Waals surface area contributed by atoms with Gasteiger partial charge in [0.25, 0.3) is 5.91 Å². The summed E-state index contributed by atoms with van der Waals surface area (Å²) in [5, 5.41) is 0.673. The number of hydrogen-bond acceptors (Lipinski definition) is 4. The van der Waals surface area contributed by atoms with Crippen LogP contribution in [0.25, 0.3) is 0 Å². The molecule has 0 unspecified atom stereocenters. The maximum Gasteiger partial charge on any atom is 0.256 e. The molecule has 5 nitrogen and oxygen atoms in total. The average Bonchev–Trinajstić information content (AvgIpc) is 2.48. The van der Waals surface area contributed by atoms with E-state index in [1.165, 1.54) is 6.20 Å². The molecule has 0 radical (unpaired) electrons. The molecule has 0 aliphatic heterocycles. The summed E-state index contributed by atoms with van der Waals surface area (Å²) in [7, 11) is 1.73. The van der Waals surface area contributed by atoms with E-state index >= 15 is 0 Å². The molecule has 1 aromatic carbocycles. The number of aromatic nitrogens is 1. The van der Waals surface area contributed by atoms with Crippen LogP contribution in [-0.2, 0) is 6.54 Å². The Labute approximate surface area is 122 Å². The number of rotatable bonds is 4. The number of hydrazine groups is 1. The van der Waals surface area contributed by atoms with E-state index in [2.05, 4.69) is 10.4 Å². The smallest absolute Gasteiger partial charge is 0.256 e. The molecule has 20 heavy (non-hydrogen) atoms. The van der Waals surface area contributed by atoms with E-state index in [0.29, 0.717) is 22.8 Å². The second-order valence-corrected chi connectivity index (χ2v) is 4.79. The van der Waals surface area contributed by atoms with Gasteiger partial charge >= 0.3 is 0 Å². The Morgan fingerprint density at radius 1 is 1.35 bits per heavy atom. The Bertz CT molecular complexity index is 600. The van der Waals surface area contributed by atoms with E-state index < -0.39 is 0 Å². The number of pyridine rings is 1. The van der Waals surface area contributed by atoms with Gasteiger partial charge in [0.15, 0.2) is 0 Å². The summed E-state index contributed by atoms with van der Waals surface area (Å²) in [6.45, 7) is 0.488. The van der Waals surface area contributed by atoms with Crippen molar-refractivity contribution in [3.63, 3.8) is 0 Å². The number of anilines is 1. The van der Waals surface area contributed by atoms with Crippen molar-refractivity contribution in [2.75, 3.05) is 12.5 Å². The highest BCUT2D eigenvalue weighted by Gasteiger charge is 2.15. The second-order valence-electron chi connectivity index (χ2n) is 4.35. The number of nitrogens with two attached hydrogens (primary N) is 1. The highest BCUT2D eigenvalue weighted by atomic mass is 35.5. The minimum absolute atomic E-state index is 0.129. The monoisotopic (exact) mass is 290 g/mol. The number of halogens is 1. The third kappa shape index (κ3) is 3.26. The summed E-state index contributed by atoms with van der Waals surface area (Å²) in [5.74, 6) is 5.25. The van der Waals surface area contributed by atoms with Crippen LogP contribution in [0.4, 0.5) is 5.69 Å². The van der Waals surface area contributed by atoms with Crippen LogP contribution in [0.1, 0.15) is 15.9 Å². The number of nitrogens with one attached hydrogen (secondary N) is 1. The first-order chi connectivity index (χ1) is 9.61. The summed E-state index contributed by atoms with van der Waals surface area (Å²) in [6.07, 6.45) is 3.08. The van der Waals surface area contributed by atoms with Gasteiger partial charge in [-0.05, 0) is 23.8 Å². The van der Waals surface area contributed by atoms with Crippen LogP contribution in [0.5, 0.6) is 0 Å². The SMILES string of the molecule is CN(Cc1ccc(Cl)cc1)C(=O)c1ccncc1NN. The van der Waals surface area contributed by atoms with Crippen molar-refractivity contribution >= 4 is 23.2 Å². The molecule has 0 bridgehead atoms. The van der Waals surface area contributed by atoms with Gasteiger partial charge in [-0.1, -0.05) is 23.7 Å². The highest BCUT2D eigenvalue weighted by Crippen LogP contribution is 2.16. The van der Waals surface area contributed by atoms with Gasteiger partial charge in [0.05, 0.1) is 17.4 Å². The summed E-state index contributed by atoms with van der Waals surface area (Å²) in [6, 6.07) is 9.01. The topological polar surface area (TPSA) is 71.2 Å². The number of hydrogen-bond donors (Lipinski definition) is 2. The Balaban J connectivity index is 2.14. The molecular weight excluding hydrogens is 276 g/mol. The van der Waals surface area contributed by atoms with Crippen molar-refractivity contribution in [3.05, 3.63) is 58.9 Å². The standard InChI is InChI=1S/C14H15ClN4O/c1-19(9-10-2-4-11(15)5-3-10)14(20)12-6-7-17-8-13(12)18-16/h2-8,18H,9,16H2,1H3. The van der Waals surface area contributed by atoms with Gasteiger partial charge in [0, 0.05) is 24.8 Å². The highest BCUT2D eigenvalue weighted by molar-refractivity contribution is 6.30. The lowest BCUT2D eigenvalue weighted by Crippen LogP contribution is -2.27. The molecule has 2 rings (SSSR count). The predicted molar refractivity (Wildman–Crippen MR) is 79.3 cm³/mol. The molecule has 1 amide bonds. The number of amides is 1. The van der Waals surface area contributed by atoms with Crippen molar-refractivity contribution in [2.24, 2.45) is 5.84 Å². The van der Waals surface area contributed by atoms with Crippen LogP contribution < -0.4 is 11.3 Å². The van der Waals surface area contributed by atoms with Gasteiger partial charge in [-0.2, -0.15) is 0 Å². The normalized spacial score (nSPS) is 10.2. The fourth-order valence-electron chi connectivity index (χ4n) is 1.84. The maximum absolute atomic E-state index is 12.4. The van der Waals surface area contributed by atoms with Crippen LogP contribution in [0.15, 0.2) is 42.7 Å². The van der Waals surface area contributed by atoms with E-state index in [0.717, 1.165) is 5.56 Å². The molecule has 0 aliphatic carbocycles. The molecule has 2 aromatic rings. The minimum atomic E-state index is -0.129. The molecule has 1 aromatic heterocycles. The summed E-state index contributed by atoms with van der Waals surface area (Å²) >= 11 is 5.84. The third-order valence-corrected chi connectivity index (χ3v) is 3.14. The van der Waals surface area contributed by atoms with E-state index in [1.807, 2.05) is 12.1 Å². The fraction of sp³-hybridized carbons (Fsp3) is 0.143. The van der Waals surface area contributed by atoms with Crippen LogP contribution in [0, 0.1) is 0 Å². The van der Waals surface area contributed by atoms with Gasteiger partial charge in [-0.3, -0.25) is 15.6 Å². The van der Waals surface area contributed by atoms with Gasteiger partial charge in [0.2, 0.25) is 0 Å². The Morgan fingerprint density at radius 2 is 2.05 bits per heavy atom. The zero-order valence-corrected chi connectivity index (χ0v) is 11.8. The zero-order chi connectivity index (χ0) is 14.5. The van der Waals surface area contributed by atoms with Gasteiger partial charge in [0.1, 0.15) is 0 Å². The third-order valence-electron chi connectivity index (χ3n) is 2.89. The largest absolute Gasteiger partial charge is 0.337 e. The molecule has 6 heteroatoms. The van der Waals surface area contributed by atoms with E-state index in [-0.39, 0.29) is 5.91 Å². The molecule has 0 saturated carbocycles. The van der Waals surface area contributed by atoms with E-state index in [4.69, 9.17) is 17.4 Å². The van der Waals surface area contributed by atoms with Crippen molar-refractivity contribution in [1.82, 2.24) is 9.88 Å². The Morgan fingerprint density at radius 3 is 2.70 bits per heavy atom. The number of nitrogen functional groups attached to an aromatic ring is 1. The zero-order valence-electron chi connectivity index (χ0n) is 11.0. The quantitative estimate of drug-likeness (QED) is 0.669. The van der Waals surface area contributed by atoms with Crippen molar-refractivity contribution in [3.8, 4) is 0 Å². The van der Waals surface area contributed by atoms with Gasteiger partial charge in [-0.15, -0.1) is 0 Å².